The van der Waals surface area contributed by atoms with E-state index in [0.29, 0.717) is 19.7 Å². The van der Waals surface area contributed by atoms with Crippen LogP contribution >= 0.6 is 0 Å². The van der Waals surface area contributed by atoms with Gasteiger partial charge < -0.3 is 15.0 Å². The SMILES string of the molecule is CC1c2ccccc2OCCN1CC(=O)NCCN1CCc2ccccc21. The molecule has 5 nitrogen and oxygen atoms in total. The third-order valence-corrected chi connectivity index (χ3v) is 5.59. The van der Waals surface area contributed by atoms with Crippen molar-refractivity contribution in [3.8, 4) is 5.75 Å². The smallest absolute Gasteiger partial charge is 0.234 e. The summed E-state index contributed by atoms with van der Waals surface area (Å²) >= 11 is 0. The van der Waals surface area contributed by atoms with Gasteiger partial charge in [-0.05, 0) is 31.0 Å². The van der Waals surface area contributed by atoms with Crippen molar-refractivity contribution in [2.75, 3.05) is 44.2 Å². The average Bonchev–Trinajstić information content (AvgIpc) is 3.03. The Labute approximate surface area is 160 Å². The lowest BCUT2D eigenvalue weighted by molar-refractivity contribution is -0.122. The minimum absolute atomic E-state index is 0.0775. The fourth-order valence-corrected chi connectivity index (χ4v) is 4.05. The van der Waals surface area contributed by atoms with Crippen LogP contribution < -0.4 is 15.0 Å². The molecule has 2 aromatic rings. The van der Waals surface area contributed by atoms with Crippen molar-refractivity contribution < 1.29 is 9.53 Å². The van der Waals surface area contributed by atoms with E-state index in [0.717, 1.165) is 37.4 Å². The molecular formula is C22H27N3O2. The number of nitrogens with zero attached hydrogens (tertiary/aromatic N) is 2. The standard InChI is InChI=1S/C22H27N3O2/c1-17-19-7-3-5-9-21(19)27-15-14-25(17)16-22(26)23-11-13-24-12-10-18-6-2-4-8-20(18)24/h2-9,17H,10-16H2,1H3,(H,23,26). The van der Waals surface area contributed by atoms with Crippen molar-refractivity contribution in [1.29, 1.82) is 0 Å². The van der Waals surface area contributed by atoms with E-state index in [1.165, 1.54) is 11.3 Å². The van der Waals surface area contributed by atoms with Crippen LogP contribution in [0.4, 0.5) is 5.69 Å². The first-order valence-electron chi connectivity index (χ1n) is 9.78. The maximum absolute atomic E-state index is 12.5. The zero-order chi connectivity index (χ0) is 18.6. The van der Waals surface area contributed by atoms with Gasteiger partial charge in [0.25, 0.3) is 0 Å². The second-order valence-corrected chi connectivity index (χ2v) is 7.25. The van der Waals surface area contributed by atoms with E-state index in [1.807, 2.05) is 18.2 Å². The van der Waals surface area contributed by atoms with Crippen LogP contribution in [0, 0.1) is 0 Å². The number of fused-ring (bicyclic) bond motifs is 2. The Morgan fingerprint density at radius 2 is 1.96 bits per heavy atom. The second kappa shape index (κ2) is 8.01. The number of hydrogen-bond donors (Lipinski definition) is 1. The molecule has 4 rings (SSSR count). The molecular weight excluding hydrogens is 338 g/mol. The molecule has 0 saturated carbocycles. The van der Waals surface area contributed by atoms with Gasteiger partial charge in [-0.2, -0.15) is 0 Å². The first kappa shape index (κ1) is 17.9. The first-order valence-corrected chi connectivity index (χ1v) is 9.78. The largest absolute Gasteiger partial charge is 0.492 e. The summed E-state index contributed by atoms with van der Waals surface area (Å²) in [6.45, 7) is 6.46. The number of amides is 1. The summed E-state index contributed by atoms with van der Waals surface area (Å²) in [6.07, 6.45) is 1.09. The highest BCUT2D eigenvalue weighted by Gasteiger charge is 2.24. The lowest BCUT2D eigenvalue weighted by atomic mass is 10.1. The maximum atomic E-state index is 12.5. The molecule has 1 atom stereocenters. The summed E-state index contributed by atoms with van der Waals surface area (Å²) in [4.78, 5) is 17.0. The first-order chi connectivity index (χ1) is 13.2. The third-order valence-electron chi connectivity index (χ3n) is 5.59. The summed E-state index contributed by atoms with van der Waals surface area (Å²) in [5.74, 6) is 1.01. The van der Waals surface area contributed by atoms with E-state index < -0.39 is 0 Å². The zero-order valence-corrected chi connectivity index (χ0v) is 15.9. The molecule has 1 N–H and O–H groups in total. The van der Waals surface area contributed by atoms with Crippen molar-refractivity contribution in [3.63, 3.8) is 0 Å². The van der Waals surface area contributed by atoms with Crippen molar-refractivity contribution in [2.24, 2.45) is 0 Å². The quantitative estimate of drug-likeness (QED) is 0.885. The van der Waals surface area contributed by atoms with Crippen LogP contribution in [0.2, 0.25) is 0 Å². The molecule has 2 aliphatic rings. The molecule has 0 bridgehead atoms. The number of rotatable bonds is 5. The van der Waals surface area contributed by atoms with Gasteiger partial charge in [0.05, 0.1) is 6.54 Å². The molecule has 2 aliphatic heterocycles. The van der Waals surface area contributed by atoms with Crippen molar-refractivity contribution >= 4 is 11.6 Å². The van der Waals surface area contributed by atoms with Gasteiger partial charge in [0.2, 0.25) is 5.91 Å². The Bertz CT molecular complexity index is 808. The van der Waals surface area contributed by atoms with Gasteiger partial charge >= 0.3 is 0 Å². The molecule has 2 heterocycles. The summed E-state index contributed by atoms with van der Waals surface area (Å²) in [5.41, 5.74) is 3.86. The minimum atomic E-state index is 0.0775. The van der Waals surface area contributed by atoms with E-state index in [1.54, 1.807) is 0 Å². The van der Waals surface area contributed by atoms with Crippen molar-refractivity contribution in [1.82, 2.24) is 10.2 Å². The fraction of sp³-hybridized carbons (Fsp3) is 0.409. The van der Waals surface area contributed by atoms with Gasteiger partial charge in [-0.25, -0.2) is 0 Å². The molecule has 0 aromatic heterocycles. The molecule has 142 valence electrons. The highest BCUT2D eigenvalue weighted by atomic mass is 16.5. The normalized spacial score (nSPS) is 19.0. The topological polar surface area (TPSA) is 44.8 Å². The van der Waals surface area contributed by atoms with Gasteiger partial charge in [-0.1, -0.05) is 36.4 Å². The summed E-state index contributed by atoms with van der Waals surface area (Å²) in [6, 6.07) is 16.8. The van der Waals surface area contributed by atoms with Crippen molar-refractivity contribution in [2.45, 2.75) is 19.4 Å². The van der Waals surface area contributed by atoms with Gasteiger partial charge in [0.1, 0.15) is 12.4 Å². The molecule has 1 amide bonds. The number of hydrogen-bond acceptors (Lipinski definition) is 4. The molecule has 2 aromatic carbocycles. The van der Waals surface area contributed by atoms with Crippen LogP contribution in [0.3, 0.4) is 0 Å². The Hall–Kier alpha value is -2.53. The Morgan fingerprint density at radius 3 is 2.89 bits per heavy atom. The molecule has 5 heteroatoms. The number of carbonyl (C=O) groups excluding carboxylic acids is 1. The minimum Gasteiger partial charge on any atom is -0.492 e. The predicted molar refractivity (Wildman–Crippen MR) is 107 cm³/mol. The second-order valence-electron chi connectivity index (χ2n) is 7.25. The molecule has 0 fully saturated rings. The fourth-order valence-electron chi connectivity index (χ4n) is 4.05. The Balaban J connectivity index is 1.29. The van der Waals surface area contributed by atoms with E-state index in [-0.39, 0.29) is 11.9 Å². The summed E-state index contributed by atoms with van der Waals surface area (Å²) in [7, 11) is 0. The van der Waals surface area contributed by atoms with Crippen LogP contribution in [-0.4, -0.2) is 50.1 Å². The van der Waals surface area contributed by atoms with Crippen LogP contribution in [0.15, 0.2) is 48.5 Å². The number of para-hydroxylation sites is 2. The van der Waals surface area contributed by atoms with E-state index in [2.05, 4.69) is 52.4 Å². The molecule has 0 radical (unpaired) electrons. The molecule has 1 unspecified atom stereocenters. The van der Waals surface area contributed by atoms with Crippen LogP contribution in [0.25, 0.3) is 0 Å². The molecule has 27 heavy (non-hydrogen) atoms. The Kier molecular flexibility index (Phi) is 5.30. The van der Waals surface area contributed by atoms with Gasteiger partial charge in [-0.15, -0.1) is 0 Å². The Morgan fingerprint density at radius 1 is 1.15 bits per heavy atom. The maximum Gasteiger partial charge on any atom is 0.234 e. The van der Waals surface area contributed by atoms with Crippen LogP contribution in [-0.2, 0) is 11.2 Å². The lowest BCUT2D eigenvalue weighted by Gasteiger charge is -2.26. The summed E-state index contributed by atoms with van der Waals surface area (Å²) in [5, 5.41) is 3.09. The van der Waals surface area contributed by atoms with Crippen LogP contribution in [0.1, 0.15) is 24.1 Å². The van der Waals surface area contributed by atoms with Gasteiger partial charge in [0.15, 0.2) is 0 Å². The molecule has 0 aliphatic carbocycles. The highest BCUT2D eigenvalue weighted by Crippen LogP contribution is 2.31. The average molecular weight is 365 g/mol. The van der Waals surface area contributed by atoms with Gasteiger partial charge in [0, 0.05) is 43.5 Å². The number of benzene rings is 2. The molecule has 0 spiro atoms. The number of ether oxygens (including phenoxy) is 1. The lowest BCUT2D eigenvalue weighted by Crippen LogP contribution is -2.42. The van der Waals surface area contributed by atoms with Crippen molar-refractivity contribution in [3.05, 3.63) is 59.7 Å². The monoisotopic (exact) mass is 365 g/mol. The van der Waals surface area contributed by atoms with Crippen LogP contribution in [0.5, 0.6) is 5.75 Å². The number of nitrogens with one attached hydrogen (secondary N) is 1. The summed E-state index contributed by atoms with van der Waals surface area (Å²) < 4.78 is 5.83. The van der Waals surface area contributed by atoms with Gasteiger partial charge in [-0.3, -0.25) is 9.69 Å². The van der Waals surface area contributed by atoms with E-state index in [9.17, 15) is 4.79 Å². The number of anilines is 1. The predicted octanol–water partition coefficient (Wildman–Crippen LogP) is 2.62. The highest BCUT2D eigenvalue weighted by molar-refractivity contribution is 5.78. The molecule has 0 saturated heterocycles. The zero-order valence-electron chi connectivity index (χ0n) is 15.9. The van der Waals surface area contributed by atoms with E-state index >= 15 is 0 Å². The number of carbonyl (C=O) groups is 1. The van der Waals surface area contributed by atoms with E-state index in [4.69, 9.17) is 4.74 Å². The third kappa shape index (κ3) is 3.93.